The van der Waals surface area contributed by atoms with Crippen LogP contribution in [0.15, 0.2) is 0 Å². The van der Waals surface area contributed by atoms with Gasteiger partial charge in [-0.1, -0.05) is 40.0 Å². The molecule has 2 nitrogen and oxygen atoms in total. The second kappa shape index (κ2) is 7.00. The minimum absolute atomic E-state index is 0.764. The minimum atomic E-state index is 0.764. The lowest BCUT2D eigenvalue weighted by atomic mass is 9.81. The molecular formula is C19H36N2. The summed E-state index contributed by atoms with van der Waals surface area (Å²) in [7, 11) is 0. The fraction of sp³-hybridized carbons (Fsp3) is 1.00. The largest absolute Gasteiger partial charge is 0.311 e. The van der Waals surface area contributed by atoms with Gasteiger partial charge in [-0.3, -0.25) is 4.90 Å². The van der Waals surface area contributed by atoms with E-state index in [9.17, 15) is 0 Å². The van der Waals surface area contributed by atoms with Gasteiger partial charge in [-0.25, -0.2) is 0 Å². The predicted molar refractivity (Wildman–Crippen MR) is 90.5 cm³/mol. The number of piperazine rings is 1. The van der Waals surface area contributed by atoms with Crippen LogP contribution in [0.3, 0.4) is 0 Å². The molecule has 122 valence electrons. The molecular weight excluding hydrogens is 256 g/mol. The van der Waals surface area contributed by atoms with E-state index in [2.05, 4.69) is 31.0 Å². The van der Waals surface area contributed by atoms with Gasteiger partial charge in [0.2, 0.25) is 0 Å². The molecule has 1 aliphatic heterocycles. The molecule has 21 heavy (non-hydrogen) atoms. The molecule has 2 saturated carbocycles. The molecule has 4 unspecified atom stereocenters. The molecule has 4 atom stereocenters. The zero-order valence-electron chi connectivity index (χ0n) is 14.5. The van der Waals surface area contributed by atoms with Gasteiger partial charge in [0, 0.05) is 31.2 Å². The van der Waals surface area contributed by atoms with Gasteiger partial charge in [0.15, 0.2) is 0 Å². The standard InChI is InChI=1S/C19H36N2/c1-14(2)19-12-20-18(16-7-5-4-6-8-16)13-21(19)17-10-9-15(3)11-17/h14-20H,4-13H2,1-3H3. The molecule has 1 N–H and O–H groups in total. The highest BCUT2D eigenvalue weighted by molar-refractivity contribution is 4.96. The second-order valence-electron chi connectivity index (χ2n) is 8.49. The van der Waals surface area contributed by atoms with E-state index in [-0.39, 0.29) is 0 Å². The molecule has 0 amide bonds. The van der Waals surface area contributed by atoms with Crippen molar-refractivity contribution in [1.82, 2.24) is 10.2 Å². The first-order valence-electron chi connectivity index (χ1n) is 9.64. The van der Waals surface area contributed by atoms with E-state index >= 15 is 0 Å². The Bertz CT molecular complexity index is 322. The van der Waals surface area contributed by atoms with Crippen LogP contribution in [0.2, 0.25) is 0 Å². The lowest BCUT2D eigenvalue weighted by Crippen LogP contribution is -2.62. The Hall–Kier alpha value is -0.0800. The number of nitrogens with zero attached hydrogens (tertiary/aromatic N) is 1. The van der Waals surface area contributed by atoms with Crippen molar-refractivity contribution in [3.63, 3.8) is 0 Å². The van der Waals surface area contributed by atoms with Crippen molar-refractivity contribution in [3.05, 3.63) is 0 Å². The van der Waals surface area contributed by atoms with E-state index in [0.29, 0.717) is 0 Å². The third-order valence-corrected chi connectivity index (χ3v) is 6.55. The van der Waals surface area contributed by atoms with Gasteiger partial charge in [0.25, 0.3) is 0 Å². The first-order valence-corrected chi connectivity index (χ1v) is 9.64. The molecule has 0 aromatic carbocycles. The highest BCUT2D eigenvalue weighted by Gasteiger charge is 2.39. The fourth-order valence-electron chi connectivity index (χ4n) is 5.19. The van der Waals surface area contributed by atoms with Gasteiger partial charge in [-0.15, -0.1) is 0 Å². The lowest BCUT2D eigenvalue weighted by Gasteiger charge is -2.48. The van der Waals surface area contributed by atoms with Gasteiger partial charge in [0.05, 0.1) is 0 Å². The molecule has 0 spiro atoms. The summed E-state index contributed by atoms with van der Waals surface area (Å²) >= 11 is 0. The maximum atomic E-state index is 3.94. The Morgan fingerprint density at radius 3 is 2.38 bits per heavy atom. The Labute approximate surface area is 132 Å². The second-order valence-corrected chi connectivity index (χ2v) is 8.49. The summed E-state index contributed by atoms with van der Waals surface area (Å²) in [5, 5.41) is 3.94. The van der Waals surface area contributed by atoms with Crippen molar-refractivity contribution >= 4 is 0 Å². The number of hydrogen-bond acceptors (Lipinski definition) is 2. The Kier molecular flexibility index (Phi) is 5.27. The van der Waals surface area contributed by atoms with Crippen molar-refractivity contribution in [2.24, 2.45) is 17.8 Å². The van der Waals surface area contributed by atoms with E-state index in [1.54, 1.807) is 0 Å². The highest BCUT2D eigenvalue weighted by atomic mass is 15.3. The van der Waals surface area contributed by atoms with E-state index in [0.717, 1.165) is 35.9 Å². The van der Waals surface area contributed by atoms with Crippen LogP contribution >= 0.6 is 0 Å². The van der Waals surface area contributed by atoms with Crippen LogP contribution in [0.4, 0.5) is 0 Å². The van der Waals surface area contributed by atoms with Crippen molar-refractivity contribution < 1.29 is 0 Å². The SMILES string of the molecule is CC1CCC(N2CC(C3CCCCC3)NCC2C(C)C)C1. The Morgan fingerprint density at radius 2 is 1.76 bits per heavy atom. The van der Waals surface area contributed by atoms with E-state index in [4.69, 9.17) is 0 Å². The summed E-state index contributed by atoms with van der Waals surface area (Å²) in [6.45, 7) is 9.83. The molecule has 2 heteroatoms. The maximum Gasteiger partial charge on any atom is 0.0247 e. The number of hydrogen-bond donors (Lipinski definition) is 1. The maximum absolute atomic E-state index is 3.94. The molecule has 1 heterocycles. The molecule has 0 radical (unpaired) electrons. The average molecular weight is 293 g/mol. The normalized spacial score (nSPS) is 40.0. The van der Waals surface area contributed by atoms with E-state index < -0.39 is 0 Å². The van der Waals surface area contributed by atoms with E-state index in [1.807, 2.05) is 0 Å². The van der Waals surface area contributed by atoms with Gasteiger partial charge >= 0.3 is 0 Å². The first-order chi connectivity index (χ1) is 10.1. The van der Waals surface area contributed by atoms with E-state index in [1.165, 1.54) is 64.5 Å². The summed E-state index contributed by atoms with van der Waals surface area (Å²) in [5.41, 5.74) is 0. The average Bonchev–Trinajstić information content (AvgIpc) is 2.94. The minimum Gasteiger partial charge on any atom is -0.311 e. The number of rotatable bonds is 3. The summed E-state index contributed by atoms with van der Waals surface area (Å²) in [5.74, 6) is 2.68. The predicted octanol–water partition coefficient (Wildman–Crippen LogP) is 4.05. The fourth-order valence-corrected chi connectivity index (χ4v) is 5.19. The summed E-state index contributed by atoms with van der Waals surface area (Å²) < 4.78 is 0. The van der Waals surface area contributed by atoms with Gasteiger partial charge in [-0.2, -0.15) is 0 Å². The monoisotopic (exact) mass is 292 g/mol. The first kappa shape index (κ1) is 15.8. The van der Waals surface area contributed by atoms with Crippen molar-refractivity contribution in [3.8, 4) is 0 Å². The Morgan fingerprint density at radius 1 is 1.00 bits per heavy atom. The third-order valence-electron chi connectivity index (χ3n) is 6.55. The summed E-state index contributed by atoms with van der Waals surface area (Å²) in [6, 6.07) is 2.41. The zero-order valence-corrected chi connectivity index (χ0v) is 14.5. The quantitative estimate of drug-likeness (QED) is 0.844. The van der Waals surface area contributed by atoms with Crippen LogP contribution in [0.25, 0.3) is 0 Å². The van der Waals surface area contributed by atoms with Crippen LogP contribution in [-0.2, 0) is 0 Å². The van der Waals surface area contributed by atoms with Crippen LogP contribution in [0.1, 0.15) is 72.1 Å². The smallest absolute Gasteiger partial charge is 0.0247 e. The highest BCUT2D eigenvalue weighted by Crippen LogP contribution is 2.35. The summed E-state index contributed by atoms with van der Waals surface area (Å²) in [4.78, 5) is 2.93. The van der Waals surface area contributed by atoms with Gasteiger partial charge in [-0.05, 0) is 49.9 Å². The van der Waals surface area contributed by atoms with Crippen LogP contribution < -0.4 is 5.32 Å². The molecule has 0 bridgehead atoms. The van der Waals surface area contributed by atoms with Crippen molar-refractivity contribution in [2.75, 3.05) is 13.1 Å². The molecule has 1 saturated heterocycles. The van der Waals surface area contributed by atoms with Crippen LogP contribution in [-0.4, -0.2) is 36.1 Å². The van der Waals surface area contributed by atoms with Crippen LogP contribution in [0.5, 0.6) is 0 Å². The van der Waals surface area contributed by atoms with Gasteiger partial charge < -0.3 is 5.32 Å². The molecule has 3 fully saturated rings. The third kappa shape index (κ3) is 3.64. The van der Waals surface area contributed by atoms with Crippen molar-refractivity contribution in [1.29, 1.82) is 0 Å². The molecule has 3 rings (SSSR count). The topological polar surface area (TPSA) is 15.3 Å². The molecule has 0 aromatic rings. The summed E-state index contributed by atoms with van der Waals surface area (Å²) in [6.07, 6.45) is 11.7. The van der Waals surface area contributed by atoms with Crippen molar-refractivity contribution in [2.45, 2.75) is 90.3 Å². The van der Waals surface area contributed by atoms with Crippen LogP contribution in [0, 0.1) is 17.8 Å². The zero-order chi connectivity index (χ0) is 14.8. The Balaban J connectivity index is 1.66. The molecule has 2 aliphatic carbocycles. The molecule has 0 aromatic heterocycles. The number of nitrogens with one attached hydrogen (secondary N) is 1. The molecule has 3 aliphatic rings. The lowest BCUT2D eigenvalue weighted by molar-refractivity contribution is 0.0372. The van der Waals surface area contributed by atoms with Gasteiger partial charge in [0.1, 0.15) is 0 Å².